The first-order valence-corrected chi connectivity index (χ1v) is 8.81. The fraction of sp³-hybridized carbons (Fsp3) is 0.923. The number of phosphoric ester groups is 1. The van der Waals surface area contributed by atoms with Gasteiger partial charge in [0.2, 0.25) is 0 Å². The Morgan fingerprint density at radius 3 is 2.43 bits per heavy atom. The molecule has 126 valence electrons. The van der Waals surface area contributed by atoms with Gasteiger partial charge in [0.1, 0.15) is 12.7 Å². The van der Waals surface area contributed by atoms with Gasteiger partial charge in [-0.15, -0.1) is 0 Å². The molecule has 0 saturated heterocycles. The number of unbranched alkanes of at least 4 members (excludes halogenated alkanes) is 2. The minimum Gasteiger partial charge on any atom is -0.463 e. The minimum atomic E-state index is -4.61. The second kappa shape index (κ2) is 11.2. The molecule has 2 unspecified atom stereocenters. The number of phosphoric acid groups is 1. The molecule has 21 heavy (non-hydrogen) atoms. The molecule has 0 aliphatic carbocycles. The number of esters is 1. The van der Waals surface area contributed by atoms with Gasteiger partial charge < -0.3 is 19.6 Å². The molecular weight excluding hydrogens is 299 g/mol. The predicted octanol–water partition coefficient (Wildman–Crippen LogP) is 2.00. The van der Waals surface area contributed by atoms with Crippen molar-refractivity contribution in [3.8, 4) is 0 Å². The lowest BCUT2D eigenvalue weighted by Gasteiger charge is -2.13. The van der Waals surface area contributed by atoms with Gasteiger partial charge in [0.25, 0.3) is 0 Å². The fourth-order valence-electron chi connectivity index (χ4n) is 1.74. The summed E-state index contributed by atoms with van der Waals surface area (Å²) in [5.41, 5.74) is 0. The van der Waals surface area contributed by atoms with Crippen LogP contribution in [0.25, 0.3) is 0 Å². The molecule has 0 heterocycles. The lowest BCUT2D eigenvalue weighted by Crippen LogP contribution is -2.23. The third-order valence-corrected chi connectivity index (χ3v) is 3.50. The van der Waals surface area contributed by atoms with E-state index in [0.717, 1.165) is 19.3 Å². The summed E-state index contributed by atoms with van der Waals surface area (Å²) in [6.45, 7) is 3.32. The van der Waals surface area contributed by atoms with Gasteiger partial charge in [-0.05, 0) is 12.3 Å². The van der Waals surface area contributed by atoms with Crippen LogP contribution in [0.2, 0.25) is 0 Å². The molecule has 0 amide bonds. The van der Waals surface area contributed by atoms with E-state index in [1.807, 2.05) is 0 Å². The van der Waals surface area contributed by atoms with E-state index in [1.165, 1.54) is 12.8 Å². The van der Waals surface area contributed by atoms with E-state index in [2.05, 4.69) is 18.4 Å². The van der Waals surface area contributed by atoms with Crippen LogP contribution in [0.1, 0.15) is 52.4 Å². The lowest BCUT2D eigenvalue weighted by atomic mass is 9.98. The summed E-state index contributed by atoms with van der Waals surface area (Å²) in [6.07, 6.45) is 4.37. The Labute approximate surface area is 125 Å². The van der Waals surface area contributed by atoms with E-state index < -0.39 is 26.5 Å². The summed E-state index contributed by atoms with van der Waals surface area (Å²) in [5.74, 6) is 0.0274. The Hall–Kier alpha value is -0.460. The second-order valence-corrected chi connectivity index (χ2v) is 6.50. The monoisotopic (exact) mass is 326 g/mol. The smallest absolute Gasteiger partial charge is 0.463 e. The molecule has 0 radical (unpaired) electrons. The van der Waals surface area contributed by atoms with E-state index in [9.17, 15) is 14.5 Å². The van der Waals surface area contributed by atoms with Crippen molar-refractivity contribution in [2.45, 2.75) is 58.5 Å². The molecule has 0 aromatic rings. The van der Waals surface area contributed by atoms with Crippen LogP contribution in [-0.2, 0) is 18.6 Å². The third kappa shape index (κ3) is 14.2. The molecule has 0 fully saturated rings. The number of ether oxygens (including phenoxy) is 1. The summed E-state index contributed by atoms with van der Waals surface area (Å²) in [5, 5.41) is 9.34. The van der Waals surface area contributed by atoms with Crippen molar-refractivity contribution >= 4 is 13.8 Å². The maximum Gasteiger partial charge on any atom is 0.469 e. The van der Waals surface area contributed by atoms with Crippen LogP contribution in [0.4, 0.5) is 0 Å². The lowest BCUT2D eigenvalue weighted by molar-refractivity contribution is -0.147. The SMILES string of the molecule is CCCCCC(C)CCC(=O)OCC(O)COP(=O)(O)O. The zero-order valence-corrected chi connectivity index (χ0v) is 13.6. The van der Waals surface area contributed by atoms with Crippen molar-refractivity contribution in [2.75, 3.05) is 13.2 Å². The first-order chi connectivity index (χ1) is 9.74. The van der Waals surface area contributed by atoms with Crippen LogP contribution < -0.4 is 0 Å². The summed E-state index contributed by atoms with van der Waals surface area (Å²) in [4.78, 5) is 28.4. The second-order valence-electron chi connectivity index (χ2n) is 5.26. The number of rotatable bonds is 12. The van der Waals surface area contributed by atoms with Gasteiger partial charge >= 0.3 is 13.8 Å². The van der Waals surface area contributed by atoms with E-state index in [0.29, 0.717) is 5.92 Å². The molecule has 0 rings (SSSR count). The average molecular weight is 326 g/mol. The fourth-order valence-corrected chi connectivity index (χ4v) is 2.11. The molecule has 0 aliphatic heterocycles. The van der Waals surface area contributed by atoms with Crippen LogP contribution >= 0.6 is 7.82 Å². The van der Waals surface area contributed by atoms with Crippen molar-refractivity contribution in [3.63, 3.8) is 0 Å². The van der Waals surface area contributed by atoms with E-state index >= 15 is 0 Å². The topological polar surface area (TPSA) is 113 Å². The van der Waals surface area contributed by atoms with Crippen molar-refractivity contribution < 1.29 is 33.5 Å². The highest BCUT2D eigenvalue weighted by atomic mass is 31.2. The molecule has 7 nitrogen and oxygen atoms in total. The molecule has 2 atom stereocenters. The van der Waals surface area contributed by atoms with Crippen LogP contribution in [0.15, 0.2) is 0 Å². The van der Waals surface area contributed by atoms with Gasteiger partial charge in [0.05, 0.1) is 6.61 Å². The minimum absolute atomic E-state index is 0.277. The first-order valence-electron chi connectivity index (χ1n) is 7.28. The highest BCUT2D eigenvalue weighted by Gasteiger charge is 2.18. The van der Waals surface area contributed by atoms with Gasteiger partial charge in [-0.3, -0.25) is 9.32 Å². The summed E-state index contributed by atoms with van der Waals surface area (Å²) < 4.78 is 19.3. The molecule has 0 saturated carbocycles. The van der Waals surface area contributed by atoms with E-state index in [1.54, 1.807) is 0 Å². The highest BCUT2D eigenvalue weighted by molar-refractivity contribution is 7.46. The van der Waals surface area contributed by atoms with Crippen LogP contribution in [-0.4, -0.2) is 40.2 Å². The van der Waals surface area contributed by atoms with Gasteiger partial charge in [0.15, 0.2) is 0 Å². The maximum absolute atomic E-state index is 11.5. The number of hydrogen-bond acceptors (Lipinski definition) is 5. The van der Waals surface area contributed by atoms with Crippen LogP contribution in [0.5, 0.6) is 0 Å². The van der Waals surface area contributed by atoms with E-state index in [4.69, 9.17) is 14.5 Å². The Morgan fingerprint density at radius 1 is 1.19 bits per heavy atom. The molecule has 0 aliphatic rings. The summed E-state index contributed by atoms with van der Waals surface area (Å²) >= 11 is 0. The van der Waals surface area contributed by atoms with Crippen LogP contribution in [0, 0.1) is 5.92 Å². The largest absolute Gasteiger partial charge is 0.469 e. The van der Waals surface area contributed by atoms with E-state index in [-0.39, 0.29) is 13.0 Å². The third-order valence-electron chi connectivity index (χ3n) is 3.01. The molecule has 3 N–H and O–H groups in total. The zero-order valence-electron chi connectivity index (χ0n) is 12.7. The van der Waals surface area contributed by atoms with Gasteiger partial charge in [-0.1, -0.05) is 39.5 Å². The van der Waals surface area contributed by atoms with Crippen LogP contribution in [0.3, 0.4) is 0 Å². The quantitative estimate of drug-likeness (QED) is 0.285. The highest BCUT2D eigenvalue weighted by Crippen LogP contribution is 2.35. The maximum atomic E-state index is 11.5. The molecule has 0 aromatic heterocycles. The van der Waals surface area contributed by atoms with Crippen molar-refractivity contribution in [1.82, 2.24) is 0 Å². The predicted molar refractivity (Wildman–Crippen MR) is 77.5 cm³/mol. The number of hydrogen-bond donors (Lipinski definition) is 3. The van der Waals surface area contributed by atoms with Crippen molar-refractivity contribution in [3.05, 3.63) is 0 Å². The van der Waals surface area contributed by atoms with Gasteiger partial charge in [0, 0.05) is 6.42 Å². The molecule has 8 heteroatoms. The number of carbonyl (C=O) groups excluding carboxylic acids is 1. The standard InChI is InChI=1S/C13H27O7P/c1-3-4-5-6-11(2)7-8-13(15)19-9-12(14)10-20-21(16,17)18/h11-12,14H,3-10H2,1-2H3,(H2,16,17,18). The number of carbonyl (C=O) groups is 1. The Morgan fingerprint density at radius 2 is 1.86 bits per heavy atom. The molecule has 0 aromatic carbocycles. The Balaban J connectivity index is 3.68. The number of aliphatic hydroxyl groups is 1. The normalized spacial score (nSPS) is 14.7. The summed E-state index contributed by atoms with van der Waals surface area (Å²) in [7, 11) is -4.61. The van der Waals surface area contributed by atoms with Gasteiger partial charge in [-0.25, -0.2) is 4.57 Å². The Kier molecular flexibility index (Phi) is 10.9. The average Bonchev–Trinajstić information content (AvgIpc) is 2.40. The Bertz CT molecular complexity index is 328. The van der Waals surface area contributed by atoms with Crippen molar-refractivity contribution in [1.29, 1.82) is 0 Å². The van der Waals surface area contributed by atoms with Gasteiger partial charge in [-0.2, -0.15) is 0 Å². The molecule has 0 spiro atoms. The molecular formula is C13H27O7P. The molecule has 0 bridgehead atoms. The number of aliphatic hydroxyl groups excluding tert-OH is 1. The first kappa shape index (κ1) is 20.5. The zero-order chi connectivity index (χ0) is 16.3. The summed E-state index contributed by atoms with van der Waals surface area (Å²) in [6, 6.07) is 0. The van der Waals surface area contributed by atoms with Crippen molar-refractivity contribution in [2.24, 2.45) is 5.92 Å².